The maximum absolute atomic E-state index is 13.1. The van der Waals surface area contributed by atoms with Crippen LogP contribution in [-0.4, -0.2) is 13.0 Å². The van der Waals surface area contributed by atoms with Crippen LogP contribution in [-0.2, 0) is 16.6 Å². The maximum Gasteiger partial charge on any atom is 0.228 e. The molecule has 0 saturated heterocycles. The molecule has 4 rings (SSSR count). The van der Waals surface area contributed by atoms with Crippen molar-refractivity contribution >= 4 is 17.3 Å². The Kier molecular flexibility index (Phi) is 7.53. The number of rotatable bonds is 7. The summed E-state index contributed by atoms with van der Waals surface area (Å²) in [5.74, 6) is 1.82. The van der Waals surface area contributed by atoms with E-state index in [9.17, 15) is 4.79 Å². The number of amides is 1. The number of carbonyl (C=O) groups excluding carboxylic acids is 1. The van der Waals surface area contributed by atoms with Crippen LogP contribution in [0, 0.1) is 6.92 Å². The number of benzene rings is 4. The lowest BCUT2D eigenvalue weighted by atomic mass is 9.86. The number of methoxy groups -OCH3 is 1. The fourth-order valence-corrected chi connectivity index (χ4v) is 4.19. The van der Waals surface area contributed by atoms with Crippen molar-refractivity contribution in [1.29, 1.82) is 0 Å². The van der Waals surface area contributed by atoms with Gasteiger partial charge in [0.05, 0.1) is 24.9 Å². The van der Waals surface area contributed by atoms with Crippen molar-refractivity contribution in [2.24, 2.45) is 0 Å². The summed E-state index contributed by atoms with van der Waals surface area (Å²) >= 11 is 0. The number of ether oxygens (including phenoxy) is 2. The molecule has 0 radical (unpaired) electrons. The third-order valence-corrected chi connectivity index (χ3v) is 6.22. The van der Waals surface area contributed by atoms with Crippen molar-refractivity contribution in [2.45, 2.75) is 39.5 Å². The number of nitrogen functional groups attached to an aromatic ring is 1. The van der Waals surface area contributed by atoms with E-state index in [1.807, 2.05) is 85.8 Å². The average Bonchev–Trinajstić information content (AvgIpc) is 2.86. The number of nitrogens with two attached hydrogens (primary N) is 1. The molecule has 0 atom stereocenters. The molecule has 0 aliphatic rings. The van der Waals surface area contributed by atoms with E-state index >= 15 is 0 Å². The summed E-state index contributed by atoms with van der Waals surface area (Å²) in [6, 6.07) is 27.4. The van der Waals surface area contributed by atoms with Gasteiger partial charge in [-0.05, 0) is 59.4 Å². The minimum absolute atomic E-state index is 0.105. The zero-order chi connectivity index (χ0) is 26.6. The van der Waals surface area contributed by atoms with Crippen LogP contribution in [0.4, 0.5) is 11.4 Å². The Morgan fingerprint density at radius 2 is 1.49 bits per heavy atom. The summed E-state index contributed by atoms with van der Waals surface area (Å²) in [6.07, 6.45) is 0.262. The number of nitrogens with one attached hydrogen (secondary N) is 1. The van der Waals surface area contributed by atoms with E-state index < -0.39 is 0 Å². The Labute approximate surface area is 219 Å². The first-order chi connectivity index (χ1) is 17.6. The van der Waals surface area contributed by atoms with Gasteiger partial charge < -0.3 is 20.5 Å². The van der Waals surface area contributed by atoms with E-state index in [4.69, 9.17) is 15.2 Å². The number of carbonyl (C=O) groups is 1. The van der Waals surface area contributed by atoms with E-state index in [2.05, 4.69) is 32.2 Å². The first kappa shape index (κ1) is 25.8. The van der Waals surface area contributed by atoms with Crippen molar-refractivity contribution < 1.29 is 14.3 Å². The molecule has 0 saturated carbocycles. The summed E-state index contributed by atoms with van der Waals surface area (Å²) in [5.41, 5.74) is 12.2. The molecule has 5 nitrogen and oxygen atoms in total. The van der Waals surface area contributed by atoms with Crippen molar-refractivity contribution in [3.63, 3.8) is 0 Å². The minimum atomic E-state index is -0.121. The van der Waals surface area contributed by atoms with Crippen LogP contribution in [0.2, 0.25) is 0 Å². The average molecular weight is 495 g/mol. The molecule has 0 fully saturated rings. The van der Waals surface area contributed by atoms with Gasteiger partial charge in [0, 0.05) is 5.56 Å². The highest BCUT2D eigenvalue weighted by Gasteiger charge is 2.20. The number of para-hydroxylation sites is 1. The first-order valence-electron chi connectivity index (χ1n) is 12.3. The highest BCUT2D eigenvalue weighted by atomic mass is 16.5. The fraction of sp³-hybridized carbons (Fsp3) is 0.219. The molecule has 0 aliphatic carbocycles. The van der Waals surface area contributed by atoms with E-state index in [0.717, 1.165) is 33.6 Å². The van der Waals surface area contributed by atoms with Crippen LogP contribution >= 0.6 is 0 Å². The summed E-state index contributed by atoms with van der Waals surface area (Å²) in [6.45, 7) is 8.48. The van der Waals surface area contributed by atoms with E-state index in [-0.39, 0.29) is 17.7 Å². The molecule has 0 unspecified atom stereocenters. The van der Waals surface area contributed by atoms with Gasteiger partial charge in [-0.3, -0.25) is 4.79 Å². The first-order valence-corrected chi connectivity index (χ1v) is 12.3. The third kappa shape index (κ3) is 6.31. The van der Waals surface area contributed by atoms with Crippen molar-refractivity contribution in [1.82, 2.24) is 0 Å². The predicted molar refractivity (Wildman–Crippen MR) is 152 cm³/mol. The summed E-state index contributed by atoms with van der Waals surface area (Å²) < 4.78 is 11.7. The zero-order valence-corrected chi connectivity index (χ0v) is 22.1. The van der Waals surface area contributed by atoms with E-state index in [1.54, 1.807) is 7.11 Å². The molecule has 190 valence electrons. The number of anilines is 2. The molecule has 5 heteroatoms. The highest BCUT2D eigenvalue weighted by Crippen LogP contribution is 2.39. The number of hydrogen-bond donors (Lipinski definition) is 2. The second-order valence-electron chi connectivity index (χ2n) is 10.2. The molecular weight excluding hydrogens is 460 g/mol. The van der Waals surface area contributed by atoms with Crippen LogP contribution in [0.1, 0.15) is 37.5 Å². The van der Waals surface area contributed by atoms with Crippen molar-refractivity contribution in [2.75, 3.05) is 18.2 Å². The fourth-order valence-electron chi connectivity index (χ4n) is 4.19. The summed E-state index contributed by atoms with van der Waals surface area (Å²) in [4.78, 5) is 13.1. The topological polar surface area (TPSA) is 73.6 Å². The van der Waals surface area contributed by atoms with E-state index in [0.29, 0.717) is 22.9 Å². The third-order valence-electron chi connectivity index (χ3n) is 6.22. The van der Waals surface area contributed by atoms with Crippen LogP contribution in [0.3, 0.4) is 0 Å². The molecule has 0 aromatic heterocycles. The van der Waals surface area contributed by atoms with Gasteiger partial charge >= 0.3 is 0 Å². The van der Waals surface area contributed by atoms with Crippen LogP contribution in [0.25, 0.3) is 11.1 Å². The van der Waals surface area contributed by atoms with Crippen molar-refractivity contribution in [3.05, 3.63) is 102 Å². The Bertz CT molecular complexity index is 1400. The standard InChI is InChI=1S/C32H34N2O3/c1-21-10-12-22(13-11-21)18-31(35)34-27-20-24(23-14-16-29(36-5)26(33)19-23)15-17-30(27)37-28-9-7-6-8-25(28)32(2,3)4/h6-17,19-20H,18,33H2,1-5H3,(H,34,35). The molecule has 4 aromatic carbocycles. The molecule has 3 N–H and O–H groups in total. The second-order valence-corrected chi connectivity index (χ2v) is 10.2. The molecule has 0 bridgehead atoms. The van der Waals surface area contributed by atoms with Gasteiger partial charge in [0.2, 0.25) is 5.91 Å². The molecule has 0 spiro atoms. The van der Waals surface area contributed by atoms with Gasteiger partial charge in [-0.2, -0.15) is 0 Å². The predicted octanol–water partition coefficient (Wildman–Crippen LogP) is 7.52. The molecular formula is C32H34N2O3. The van der Waals surface area contributed by atoms with E-state index in [1.165, 1.54) is 0 Å². The largest absolute Gasteiger partial charge is 0.495 e. The van der Waals surface area contributed by atoms with Crippen LogP contribution < -0.4 is 20.5 Å². The Morgan fingerprint density at radius 3 is 2.14 bits per heavy atom. The van der Waals surface area contributed by atoms with Gasteiger partial charge in [0.25, 0.3) is 0 Å². The van der Waals surface area contributed by atoms with Crippen molar-refractivity contribution in [3.8, 4) is 28.4 Å². The lowest BCUT2D eigenvalue weighted by Crippen LogP contribution is -2.15. The van der Waals surface area contributed by atoms with Gasteiger partial charge in [-0.15, -0.1) is 0 Å². The zero-order valence-electron chi connectivity index (χ0n) is 22.1. The number of hydrogen-bond acceptors (Lipinski definition) is 4. The van der Waals surface area contributed by atoms with Gasteiger partial charge in [-0.1, -0.05) is 80.9 Å². The lowest BCUT2D eigenvalue weighted by Gasteiger charge is -2.23. The molecule has 1 amide bonds. The van der Waals surface area contributed by atoms with Crippen LogP contribution in [0.15, 0.2) is 84.9 Å². The Hall–Kier alpha value is -4.25. The lowest BCUT2D eigenvalue weighted by molar-refractivity contribution is -0.115. The van der Waals surface area contributed by atoms with Crippen LogP contribution in [0.5, 0.6) is 17.2 Å². The maximum atomic E-state index is 13.1. The monoisotopic (exact) mass is 494 g/mol. The summed E-state index contributed by atoms with van der Waals surface area (Å²) in [5, 5.41) is 3.08. The Balaban J connectivity index is 1.70. The smallest absolute Gasteiger partial charge is 0.228 e. The molecule has 37 heavy (non-hydrogen) atoms. The SMILES string of the molecule is COc1ccc(-c2ccc(Oc3ccccc3C(C)(C)C)c(NC(=O)Cc3ccc(C)cc3)c2)cc1N. The highest BCUT2D eigenvalue weighted by molar-refractivity contribution is 5.94. The normalized spacial score (nSPS) is 11.2. The van der Waals surface area contributed by atoms with Gasteiger partial charge in [0.15, 0.2) is 5.75 Å². The summed E-state index contributed by atoms with van der Waals surface area (Å²) in [7, 11) is 1.59. The second kappa shape index (κ2) is 10.8. The Morgan fingerprint density at radius 1 is 0.838 bits per heavy atom. The molecule has 0 aliphatic heterocycles. The number of aryl methyl sites for hydroxylation is 1. The minimum Gasteiger partial charge on any atom is -0.495 e. The molecule has 4 aromatic rings. The van der Waals surface area contributed by atoms with Gasteiger partial charge in [-0.25, -0.2) is 0 Å². The quantitative estimate of drug-likeness (QED) is 0.261. The molecule has 0 heterocycles. The van der Waals surface area contributed by atoms with Gasteiger partial charge in [0.1, 0.15) is 11.5 Å².